The van der Waals surface area contributed by atoms with Crippen molar-refractivity contribution in [3.8, 4) is 0 Å². The molecule has 4 aliphatic carbocycles. The maximum Gasteiger partial charge on any atom is 0.302 e. The first-order chi connectivity index (χ1) is 13.8. The molecule has 0 radical (unpaired) electrons. The van der Waals surface area contributed by atoms with E-state index in [2.05, 4.69) is 19.9 Å². The Kier molecular flexibility index (Phi) is 5.52. The van der Waals surface area contributed by atoms with E-state index in [1.807, 2.05) is 0 Å². The SMILES string of the molecule is CC(=O)O[C@@H]1CC[C@@]2(C)C(=CC[C@H]3[C@@H]4CC[C@H](C(=O)/C=C\CO)[C@@]4(C)CC[C@@H]32)C1. The van der Waals surface area contributed by atoms with Gasteiger partial charge in [-0.25, -0.2) is 0 Å². The molecule has 0 saturated heterocycles. The van der Waals surface area contributed by atoms with Crippen molar-refractivity contribution in [2.75, 3.05) is 6.61 Å². The van der Waals surface area contributed by atoms with Crippen LogP contribution in [0.1, 0.15) is 72.1 Å². The minimum absolute atomic E-state index is 0.0454. The van der Waals surface area contributed by atoms with Crippen LogP contribution in [0, 0.1) is 34.5 Å². The monoisotopic (exact) mass is 400 g/mol. The van der Waals surface area contributed by atoms with Crippen LogP contribution in [0.15, 0.2) is 23.8 Å². The molecule has 4 nitrogen and oxygen atoms in total. The molecule has 0 bridgehead atoms. The zero-order chi connectivity index (χ0) is 20.8. The Labute approximate surface area is 174 Å². The van der Waals surface area contributed by atoms with E-state index < -0.39 is 0 Å². The average Bonchev–Trinajstić information content (AvgIpc) is 3.03. The summed E-state index contributed by atoms with van der Waals surface area (Å²) in [6, 6.07) is 0. The molecule has 3 fully saturated rings. The second-order valence-corrected chi connectivity index (χ2v) is 10.4. The van der Waals surface area contributed by atoms with Gasteiger partial charge in [-0.1, -0.05) is 31.6 Å². The molecule has 29 heavy (non-hydrogen) atoms. The Hall–Kier alpha value is -1.42. The molecule has 0 aromatic carbocycles. The van der Waals surface area contributed by atoms with Crippen molar-refractivity contribution in [1.82, 2.24) is 0 Å². The van der Waals surface area contributed by atoms with Crippen LogP contribution in [0.4, 0.5) is 0 Å². The molecule has 4 rings (SSSR count). The fourth-order valence-corrected chi connectivity index (χ4v) is 7.72. The standard InChI is InChI=1S/C25H36O4/c1-16(27)29-18-10-12-24(2)17(15-18)6-7-19-20-8-9-22(23(28)5-4-14-26)25(20,3)13-11-21(19)24/h4-6,18-22,26H,7-15H2,1-3H3/b5-4-/t18-,19+,20+,21+,22-,24+,25+/m1/s1. The highest BCUT2D eigenvalue weighted by Crippen LogP contribution is 2.66. The van der Waals surface area contributed by atoms with Crippen LogP contribution >= 0.6 is 0 Å². The number of hydrogen-bond donors (Lipinski definition) is 1. The summed E-state index contributed by atoms with van der Waals surface area (Å²) in [6.45, 7) is 6.25. The predicted octanol–water partition coefficient (Wildman–Crippen LogP) is 4.61. The lowest BCUT2D eigenvalue weighted by atomic mass is 9.47. The second-order valence-electron chi connectivity index (χ2n) is 10.4. The lowest BCUT2D eigenvalue weighted by molar-refractivity contribution is -0.149. The highest BCUT2D eigenvalue weighted by Gasteiger charge is 2.59. The van der Waals surface area contributed by atoms with Gasteiger partial charge in [0.2, 0.25) is 0 Å². The number of carbonyl (C=O) groups is 2. The van der Waals surface area contributed by atoms with Crippen molar-refractivity contribution in [2.45, 2.75) is 78.2 Å². The summed E-state index contributed by atoms with van der Waals surface area (Å²) in [5.74, 6) is 2.10. The molecular weight excluding hydrogens is 364 g/mol. The van der Waals surface area contributed by atoms with E-state index in [1.54, 1.807) is 12.2 Å². The fraction of sp³-hybridized carbons (Fsp3) is 0.760. The second kappa shape index (κ2) is 7.68. The molecule has 0 spiro atoms. The molecule has 0 heterocycles. The molecule has 4 aliphatic rings. The van der Waals surface area contributed by atoms with Crippen molar-refractivity contribution < 1.29 is 19.4 Å². The number of aliphatic hydroxyl groups is 1. The maximum atomic E-state index is 12.8. The molecule has 1 N–H and O–H groups in total. The van der Waals surface area contributed by atoms with Crippen molar-refractivity contribution in [3.63, 3.8) is 0 Å². The van der Waals surface area contributed by atoms with Crippen LogP contribution in [0.25, 0.3) is 0 Å². The van der Waals surface area contributed by atoms with Gasteiger partial charge in [0, 0.05) is 19.3 Å². The van der Waals surface area contributed by atoms with Gasteiger partial charge in [-0.05, 0) is 79.6 Å². The summed E-state index contributed by atoms with van der Waals surface area (Å²) in [7, 11) is 0. The number of aliphatic hydroxyl groups excluding tert-OH is 1. The number of allylic oxidation sites excluding steroid dienone is 2. The van der Waals surface area contributed by atoms with Crippen LogP contribution in [0.2, 0.25) is 0 Å². The molecule has 3 saturated carbocycles. The Bertz CT molecular complexity index is 737. The predicted molar refractivity (Wildman–Crippen MR) is 112 cm³/mol. The summed E-state index contributed by atoms with van der Waals surface area (Å²) in [5.41, 5.74) is 1.82. The van der Waals surface area contributed by atoms with Crippen molar-refractivity contribution in [2.24, 2.45) is 34.5 Å². The number of carbonyl (C=O) groups excluding carboxylic acids is 2. The highest BCUT2D eigenvalue weighted by atomic mass is 16.5. The normalized spacial score (nSPS) is 43.9. The third-order valence-electron chi connectivity index (χ3n) is 9.12. The third-order valence-corrected chi connectivity index (χ3v) is 9.12. The van der Waals surface area contributed by atoms with Crippen molar-refractivity contribution in [3.05, 3.63) is 23.8 Å². The van der Waals surface area contributed by atoms with Gasteiger partial charge >= 0.3 is 5.97 Å². The van der Waals surface area contributed by atoms with Crippen molar-refractivity contribution in [1.29, 1.82) is 0 Å². The van der Waals surface area contributed by atoms with E-state index in [-0.39, 0.29) is 41.2 Å². The van der Waals surface area contributed by atoms with Crippen LogP contribution in [0.5, 0.6) is 0 Å². The van der Waals surface area contributed by atoms with Gasteiger partial charge in [-0.2, -0.15) is 0 Å². The zero-order valence-electron chi connectivity index (χ0n) is 18.2. The van der Waals surface area contributed by atoms with Crippen LogP contribution in [-0.2, 0) is 14.3 Å². The Morgan fingerprint density at radius 3 is 2.69 bits per heavy atom. The first-order valence-electron chi connectivity index (χ1n) is 11.5. The first kappa shape index (κ1) is 20.8. The molecular formula is C25H36O4. The minimum atomic E-state index is -0.168. The lowest BCUT2D eigenvalue weighted by Crippen LogP contribution is -2.51. The summed E-state index contributed by atoms with van der Waals surface area (Å²) in [5, 5.41) is 9.04. The Morgan fingerprint density at radius 2 is 1.97 bits per heavy atom. The molecule has 0 aromatic rings. The fourth-order valence-electron chi connectivity index (χ4n) is 7.72. The topological polar surface area (TPSA) is 63.6 Å². The summed E-state index contributed by atoms with van der Waals surface area (Å²) >= 11 is 0. The number of fused-ring (bicyclic) bond motifs is 5. The van der Waals surface area contributed by atoms with Crippen LogP contribution in [0.3, 0.4) is 0 Å². The van der Waals surface area contributed by atoms with E-state index in [9.17, 15) is 9.59 Å². The molecule has 0 aliphatic heterocycles. The van der Waals surface area contributed by atoms with Gasteiger partial charge in [0.15, 0.2) is 5.78 Å². The number of rotatable bonds is 4. The zero-order valence-corrected chi connectivity index (χ0v) is 18.2. The van der Waals surface area contributed by atoms with Crippen LogP contribution < -0.4 is 0 Å². The number of ketones is 1. The highest BCUT2D eigenvalue weighted by molar-refractivity contribution is 5.92. The van der Waals surface area contributed by atoms with E-state index in [0.29, 0.717) is 17.8 Å². The lowest BCUT2D eigenvalue weighted by Gasteiger charge is -2.58. The summed E-state index contributed by atoms with van der Waals surface area (Å²) < 4.78 is 5.54. The Morgan fingerprint density at radius 1 is 1.17 bits per heavy atom. The van der Waals surface area contributed by atoms with Gasteiger partial charge in [-0.3, -0.25) is 9.59 Å². The molecule has 4 heteroatoms. The van der Waals surface area contributed by atoms with Gasteiger partial charge in [0.25, 0.3) is 0 Å². The van der Waals surface area contributed by atoms with Crippen LogP contribution in [-0.4, -0.2) is 29.6 Å². The number of ether oxygens (including phenoxy) is 1. The van der Waals surface area contributed by atoms with E-state index >= 15 is 0 Å². The largest absolute Gasteiger partial charge is 0.462 e. The molecule has 0 aromatic heterocycles. The number of esters is 1. The molecule has 0 unspecified atom stereocenters. The molecule has 0 amide bonds. The Balaban J connectivity index is 1.55. The third kappa shape index (κ3) is 3.41. The summed E-state index contributed by atoms with van der Waals surface area (Å²) in [6.07, 6.45) is 14.2. The maximum absolute atomic E-state index is 12.8. The van der Waals surface area contributed by atoms with Gasteiger partial charge in [-0.15, -0.1) is 0 Å². The summed E-state index contributed by atoms with van der Waals surface area (Å²) in [4.78, 5) is 24.2. The van der Waals surface area contributed by atoms with E-state index in [1.165, 1.54) is 18.9 Å². The van der Waals surface area contributed by atoms with Gasteiger partial charge in [0.1, 0.15) is 6.10 Å². The quantitative estimate of drug-likeness (QED) is 0.425. The minimum Gasteiger partial charge on any atom is -0.462 e. The molecule has 160 valence electrons. The van der Waals surface area contributed by atoms with E-state index in [0.717, 1.165) is 44.9 Å². The van der Waals surface area contributed by atoms with Crippen molar-refractivity contribution >= 4 is 11.8 Å². The molecule has 7 atom stereocenters. The smallest absolute Gasteiger partial charge is 0.302 e. The number of hydrogen-bond acceptors (Lipinski definition) is 4. The van der Waals surface area contributed by atoms with Gasteiger partial charge in [0.05, 0.1) is 6.61 Å². The first-order valence-corrected chi connectivity index (χ1v) is 11.5. The van der Waals surface area contributed by atoms with Gasteiger partial charge < -0.3 is 9.84 Å². The average molecular weight is 401 g/mol. The van der Waals surface area contributed by atoms with E-state index in [4.69, 9.17) is 9.84 Å².